The van der Waals surface area contributed by atoms with Gasteiger partial charge < -0.3 is 10.2 Å². The molecule has 0 spiro atoms. The van der Waals surface area contributed by atoms with E-state index in [0.717, 1.165) is 24.8 Å². The van der Waals surface area contributed by atoms with Crippen LogP contribution < -0.4 is 10.0 Å². The van der Waals surface area contributed by atoms with Gasteiger partial charge in [-0.2, -0.15) is 0 Å². The first-order valence-electron chi connectivity index (χ1n) is 10.9. The fraction of sp³-hybridized carbons (Fsp3) is 0.458. The van der Waals surface area contributed by atoms with Gasteiger partial charge >= 0.3 is 6.03 Å². The highest BCUT2D eigenvalue weighted by Crippen LogP contribution is 2.23. The third-order valence-corrected chi connectivity index (χ3v) is 6.39. The summed E-state index contributed by atoms with van der Waals surface area (Å²) < 4.78 is 26.7. The predicted octanol–water partition coefficient (Wildman–Crippen LogP) is 3.24. The Hall–Kier alpha value is -2.38. The van der Waals surface area contributed by atoms with Crippen molar-refractivity contribution in [2.45, 2.75) is 51.6 Å². The first-order valence-corrected chi connectivity index (χ1v) is 12.8. The molecule has 168 valence electrons. The summed E-state index contributed by atoms with van der Waals surface area (Å²) in [5.41, 5.74) is 4.81. The van der Waals surface area contributed by atoms with E-state index in [9.17, 15) is 13.2 Å². The first-order chi connectivity index (χ1) is 14.7. The van der Waals surface area contributed by atoms with E-state index in [0.29, 0.717) is 19.5 Å². The summed E-state index contributed by atoms with van der Waals surface area (Å²) in [6.07, 6.45) is 4.11. The number of rotatable bonds is 7. The van der Waals surface area contributed by atoms with Gasteiger partial charge in [-0.3, -0.25) is 0 Å². The molecule has 1 aliphatic rings. The Morgan fingerprint density at radius 3 is 2.45 bits per heavy atom. The highest BCUT2D eigenvalue weighted by Gasteiger charge is 2.35. The highest BCUT2D eigenvalue weighted by molar-refractivity contribution is 7.88. The maximum Gasteiger partial charge on any atom is 0.317 e. The Balaban J connectivity index is 1.83. The van der Waals surface area contributed by atoms with E-state index in [1.165, 1.54) is 22.9 Å². The summed E-state index contributed by atoms with van der Waals surface area (Å²) in [5.74, 6) is 0. The number of carbonyl (C=O) groups excluding carboxylic acids is 1. The van der Waals surface area contributed by atoms with Crippen LogP contribution in [0.3, 0.4) is 0 Å². The van der Waals surface area contributed by atoms with Crippen molar-refractivity contribution in [3.63, 3.8) is 0 Å². The van der Waals surface area contributed by atoms with Gasteiger partial charge in [0, 0.05) is 19.1 Å². The minimum atomic E-state index is -3.37. The molecule has 1 heterocycles. The van der Waals surface area contributed by atoms with Crippen molar-refractivity contribution in [1.29, 1.82) is 0 Å². The molecule has 1 saturated heterocycles. The van der Waals surface area contributed by atoms with Gasteiger partial charge in [0.25, 0.3) is 0 Å². The van der Waals surface area contributed by atoms with Crippen LogP contribution in [-0.2, 0) is 22.9 Å². The van der Waals surface area contributed by atoms with Crippen molar-refractivity contribution in [2.75, 3.05) is 19.3 Å². The van der Waals surface area contributed by atoms with Crippen LogP contribution in [0.5, 0.6) is 0 Å². The molecule has 2 amide bonds. The van der Waals surface area contributed by atoms with E-state index in [1.54, 1.807) is 4.90 Å². The van der Waals surface area contributed by atoms with Gasteiger partial charge in [-0.05, 0) is 56.2 Å². The molecule has 6 nitrogen and oxygen atoms in total. The molecule has 31 heavy (non-hydrogen) atoms. The number of benzene rings is 2. The van der Waals surface area contributed by atoms with Crippen molar-refractivity contribution < 1.29 is 13.2 Å². The average Bonchev–Trinajstić information content (AvgIpc) is 2.69. The molecule has 7 heteroatoms. The molecule has 2 N–H and O–H groups in total. The van der Waals surface area contributed by atoms with E-state index in [2.05, 4.69) is 59.4 Å². The fourth-order valence-corrected chi connectivity index (χ4v) is 5.22. The normalized spacial score (nSPS) is 19.3. The topological polar surface area (TPSA) is 78.5 Å². The lowest BCUT2D eigenvalue weighted by atomic mass is 9.90. The zero-order valence-corrected chi connectivity index (χ0v) is 19.4. The predicted molar refractivity (Wildman–Crippen MR) is 125 cm³/mol. The number of likely N-dealkylation sites (tertiary alicyclic amines) is 1. The molecule has 0 radical (unpaired) electrons. The standard InChI is InChI=1S/C24H33N3O3S/c1-4-25-24(28)27-13-7-12-22(26-31(3,29)30)23(27)17-21-11-6-10-20(16-21)15-19-9-5-8-18(2)14-19/h5-6,8-11,14,16,22-23,26H,4,7,12-13,15,17H2,1-3H3,(H,25,28). The van der Waals surface area contributed by atoms with Gasteiger partial charge in [0.1, 0.15) is 0 Å². The summed E-state index contributed by atoms with van der Waals surface area (Å²) in [6, 6.07) is 16.2. The molecule has 3 rings (SSSR count). The van der Waals surface area contributed by atoms with Crippen LogP contribution >= 0.6 is 0 Å². The van der Waals surface area contributed by atoms with E-state index < -0.39 is 10.0 Å². The lowest BCUT2D eigenvalue weighted by molar-refractivity contribution is 0.134. The smallest absolute Gasteiger partial charge is 0.317 e. The number of hydrogen-bond donors (Lipinski definition) is 2. The monoisotopic (exact) mass is 443 g/mol. The minimum absolute atomic E-state index is 0.136. The number of carbonyl (C=O) groups is 1. The summed E-state index contributed by atoms with van der Waals surface area (Å²) in [6.45, 7) is 5.14. The molecule has 0 saturated carbocycles. The van der Waals surface area contributed by atoms with Crippen LogP contribution in [0.4, 0.5) is 4.79 Å². The number of amides is 2. The molecule has 2 aromatic carbocycles. The molecular formula is C24H33N3O3S. The largest absolute Gasteiger partial charge is 0.338 e. The van der Waals surface area contributed by atoms with Gasteiger partial charge in [0.05, 0.1) is 12.3 Å². The maximum atomic E-state index is 12.7. The molecule has 0 bridgehead atoms. The van der Waals surface area contributed by atoms with E-state index in [4.69, 9.17) is 0 Å². The Morgan fingerprint density at radius 1 is 1.10 bits per heavy atom. The summed E-state index contributed by atoms with van der Waals surface area (Å²) in [4.78, 5) is 14.5. The van der Waals surface area contributed by atoms with Crippen LogP contribution in [-0.4, -0.2) is 50.8 Å². The third-order valence-electron chi connectivity index (χ3n) is 5.66. The fourth-order valence-electron chi connectivity index (χ4n) is 4.39. The number of nitrogens with one attached hydrogen (secondary N) is 2. The van der Waals surface area contributed by atoms with Crippen LogP contribution in [0.15, 0.2) is 48.5 Å². The van der Waals surface area contributed by atoms with Gasteiger partial charge in [-0.1, -0.05) is 54.1 Å². The quantitative estimate of drug-likeness (QED) is 0.690. The maximum absolute atomic E-state index is 12.7. The second kappa shape index (κ2) is 10.3. The Labute approximate surface area is 186 Å². The lowest BCUT2D eigenvalue weighted by Crippen LogP contribution is -2.59. The molecule has 0 aromatic heterocycles. The molecule has 1 aliphatic heterocycles. The van der Waals surface area contributed by atoms with Crippen molar-refractivity contribution in [3.8, 4) is 0 Å². The number of aryl methyl sites for hydroxylation is 1. The first kappa shape index (κ1) is 23.3. The van der Waals surface area contributed by atoms with Gasteiger partial charge in [-0.25, -0.2) is 17.9 Å². The van der Waals surface area contributed by atoms with Crippen LogP contribution in [0, 0.1) is 6.92 Å². The van der Waals surface area contributed by atoms with Crippen molar-refractivity contribution >= 4 is 16.1 Å². The van der Waals surface area contributed by atoms with Crippen molar-refractivity contribution in [2.24, 2.45) is 0 Å². The molecule has 2 atom stereocenters. The number of urea groups is 1. The minimum Gasteiger partial charge on any atom is -0.338 e. The zero-order chi connectivity index (χ0) is 22.4. The van der Waals surface area contributed by atoms with Crippen LogP contribution in [0.25, 0.3) is 0 Å². The lowest BCUT2D eigenvalue weighted by Gasteiger charge is -2.41. The van der Waals surface area contributed by atoms with E-state index >= 15 is 0 Å². The van der Waals surface area contributed by atoms with Crippen molar-refractivity contribution in [1.82, 2.24) is 14.9 Å². The van der Waals surface area contributed by atoms with Crippen LogP contribution in [0.1, 0.15) is 42.0 Å². The van der Waals surface area contributed by atoms with Gasteiger partial charge in [0.2, 0.25) is 10.0 Å². The van der Waals surface area contributed by atoms with Gasteiger partial charge in [-0.15, -0.1) is 0 Å². The Kier molecular flexibility index (Phi) is 7.73. The molecule has 2 aromatic rings. The third kappa shape index (κ3) is 6.80. The average molecular weight is 444 g/mol. The van der Waals surface area contributed by atoms with E-state index in [1.807, 2.05) is 13.0 Å². The number of sulfonamides is 1. The second-order valence-electron chi connectivity index (χ2n) is 8.42. The van der Waals surface area contributed by atoms with Crippen LogP contribution in [0.2, 0.25) is 0 Å². The Morgan fingerprint density at radius 2 is 1.77 bits per heavy atom. The van der Waals surface area contributed by atoms with Crippen molar-refractivity contribution in [3.05, 3.63) is 70.8 Å². The van der Waals surface area contributed by atoms with E-state index in [-0.39, 0.29) is 18.1 Å². The Bertz CT molecular complexity index is 1010. The molecular weight excluding hydrogens is 410 g/mol. The van der Waals surface area contributed by atoms with Gasteiger partial charge in [0.15, 0.2) is 0 Å². The number of piperidine rings is 1. The summed E-state index contributed by atoms with van der Waals surface area (Å²) in [5, 5.41) is 2.87. The summed E-state index contributed by atoms with van der Waals surface area (Å²) >= 11 is 0. The summed E-state index contributed by atoms with van der Waals surface area (Å²) in [7, 11) is -3.37. The second-order valence-corrected chi connectivity index (χ2v) is 10.2. The highest BCUT2D eigenvalue weighted by atomic mass is 32.2. The molecule has 1 fully saturated rings. The molecule has 0 aliphatic carbocycles. The number of nitrogens with zero attached hydrogens (tertiary/aromatic N) is 1. The SMILES string of the molecule is CCNC(=O)N1CCCC(NS(C)(=O)=O)C1Cc1cccc(Cc2cccc(C)c2)c1. The molecule has 2 unspecified atom stereocenters. The number of hydrogen-bond acceptors (Lipinski definition) is 3. The zero-order valence-electron chi connectivity index (χ0n) is 18.6.